The van der Waals surface area contributed by atoms with Crippen LogP contribution < -0.4 is 15.4 Å². The number of anilines is 1. The first-order chi connectivity index (χ1) is 23.0. The molecule has 48 heavy (non-hydrogen) atoms. The third-order valence-electron chi connectivity index (χ3n) is 10.4. The van der Waals surface area contributed by atoms with Crippen LogP contribution in [0.2, 0.25) is 0 Å². The van der Waals surface area contributed by atoms with Gasteiger partial charge >= 0.3 is 6.18 Å². The number of allylic oxidation sites excluding steroid dienone is 1. The van der Waals surface area contributed by atoms with Crippen molar-refractivity contribution >= 4 is 17.5 Å². The second-order valence-electron chi connectivity index (χ2n) is 13.2. The first-order valence-electron chi connectivity index (χ1n) is 16.4. The lowest BCUT2D eigenvalue weighted by Gasteiger charge is -2.30. The van der Waals surface area contributed by atoms with Gasteiger partial charge in [0.25, 0.3) is 5.91 Å². The van der Waals surface area contributed by atoms with Crippen molar-refractivity contribution < 1.29 is 36.6 Å². The molecule has 0 radical (unpaired) electrons. The minimum Gasteiger partial charge on any atom is -0.480 e. The number of aryl methyl sites for hydroxylation is 1. The zero-order valence-electron chi connectivity index (χ0n) is 26.7. The maximum atomic E-state index is 14.1. The molecule has 3 aromatic rings. The first-order valence-corrected chi connectivity index (χ1v) is 16.4. The Kier molecular flexibility index (Phi) is 8.51. The summed E-state index contributed by atoms with van der Waals surface area (Å²) in [5, 5.41) is 10.4. The molecule has 3 aliphatic carbocycles. The van der Waals surface area contributed by atoms with Crippen molar-refractivity contribution in [3.63, 3.8) is 0 Å². The van der Waals surface area contributed by atoms with Gasteiger partial charge in [-0.05, 0) is 68.7 Å². The minimum absolute atomic E-state index is 0.113. The van der Waals surface area contributed by atoms with Gasteiger partial charge < -0.3 is 20.1 Å². The van der Waals surface area contributed by atoms with Crippen molar-refractivity contribution in [2.75, 3.05) is 19.0 Å². The largest absolute Gasteiger partial charge is 0.480 e. The van der Waals surface area contributed by atoms with Crippen molar-refractivity contribution in [2.45, 2.75) is 70.8 Å². The van der Waals surface area contributed by atoms with Crippen LogP contribution in [0.1, 0.15) is 65.8 Å². The van der Waals surface area contributed by atoms with Crippen LogP contribution in [-0.4, -0.2) is 46.3 Å². The molecule has 2 bridgehead atoms. The standard InChI is InChI=1S/C35H37F4N5O4/c1-18-29(28-17-48-12-11-44(28)43-18)20-14-25(34(47-2)40-16-20)32(45)42-31-23-9-8-22(24(23)13-19-5-3-4-6-19)30(31)33(46)41-21-7-10-27(36)26(15-21)35(37,38)39/h7,10,13-16,19,22-23,30-31H,3-6,8-9,11-12,17H2,1-2H3,(H,41,46)(H,42,45)/b24-13-/t22-,23+,30-,31+/m0/s1. The molecule has 3 saturated carbocycles. The van der Waals surface area contributed by atoms with Gasteiger partial charge in [0.15, 0.2) is 0 Å². The Hall–Kier alpha value is -4.26. The number of amides is 2. The van der Waals surface area contributed by atoms with E-state index in [1.54, 1.807) is 12.3 Å². The highest BCUT2D eigenvalue weighted by atomic mass is 19.4. The maximum Gasteiger partial charge on any atom is 0.419 e. The molecule has 3 heterocycles. The lowest BCUT2D eigenvalue weighted by Crippen LogP contribution is -2.48. The van der Waals surface area contributed by atoms with E-state index in [2.05, 4.69) is 26.8 Å². The maximum absolute atomic E-state index is 14.1. The zero-order chi connectivity index (χ0) is 33.7. The molecule has 4 aliphatic rings. The number of carbonyl (C=O) groups excluding carboxylic acids is 2. The number of rotatable bonds is 7. The van der Waals surface area contributed by atoms with Crippen LogP contribution in [0.5, 0.6) is 5.88 Å². The molecule has 2 aromatic heterocycles. The molecule has 2 amide bonds. The minimum atomic E-state index is -4.92. The normalized spacial score (nSPS) is 24.6. The summed E-state index contributed by atoms with van der Waals surface area (Å²) in [6.07, 6.45) is 4.86. The second kappa shape index (κ2) is 12.6. The number of hydrogen-bond acceptors (Lipinski definition) is 6. The fraction of sp³-hybridized carbons (Fsp3) is 0.486. The van der Waals surface area contributed by atoms with Crippen molar-refractivity contribution in [2.24, 2.45) is 23.7 Å². The average Bonchev–Trinajstić information content (AvgIpc) is 3.84. The molecule has 9 nitrogen and oxygen atoms in total. The lowest BCUT2D eigenvalue weighted by molar-refractivity contribution is -0.140. The molecule has 0 spiro atoms. The summed E-state index contributed by atoms with van der Waals surface area (Å²) in [5.74, 6) is -2.96. The fourth-order valence-corrected chi connectivity index (χ4v) is 8.27. The van der Waals surface area contributed by atoms with Gasteiger partial charge in [-0.1, -0.05) is 24.5 Å². The predicted octanol–water partition coefficient (Wildman–Crippen LogP) is 6.46. The number of benzene rings is 1. The molecule has 13 heteroatoms. The Morgan fingerprint density at radius 1 is 1.10 bits per heavy atom. The number of fused-ring (bicyclic) bond motifs is 3. The number of pyridine rings is 1. The summed E-state index contributed by atoms with van der Waals surface area (Å²) >= 11 is 0. The van der Waals surface area contributed by atoms with Crippen LogP contribution in [0.15, 0.2) is 42.1 Å². The molecule has 1 aromatic carbocycles. The number of hydrogen-bond donors (Lipinski definition) is 2. The molecule has 1 aliphatic heterocycles. The van der Waals surface area contributed by atoms with E-state index in [9.17, 15) is 27.2 Å². The summed E-state index contributed by atoms with van der Waals surface area (Å²) in [5.41, 5.74) is 2.85. The van der Waals surface area contributed by atoms with Crippen LogP contribution in [-0.2, 0) is 28.9 Å². The van der Waals surface area contributed by atoms with Crippen LogP contribution >= 0.6 is 0 Å². The van der Waals surface area contributed by atoms with E-state index in [1.165, 1.54) is 7.11 Å². The van der Waals surface area contributed by atoms with E-state index in [0.29, 0.717) is 43.4 Å². The summed E-state index contributed by atoms with van der Waals surface area (Å²) in [6.45, 7) is 3.44. The highest BCUT2D eigenvalue weighted by Crippen LogP contribution is 2.54. The summed E-state index contributed by atoms with van der Waals surface area (Å²) < 4.78 is 67.4. The van der Waals surface area contributed by atoms with E-state index in [0.717, 1.165) is 67.1 Å². The van der Waals surface area contributed by atoms with Crippen molar-refractivity contribution in [1.82, 2.24) is 20.1 Å². The molecule has 7 rings (SSSR count). The molecule has 0 unspecified atom stereocenters. The lowest BCUT2D eigenvalue weighted by atomic mass is 9.83. The monoisotopic (exact) mass is 667 g/mol. The van der Waals surface area contributed by atoms with Gasteiger partial charge in [-0.15, -0.1) is 0 Å². The molecule has 4 atom stereocenters. The summed E-state index contributed by atoms with van der Waals surface area (Å²) in [7, 11) is 1.42. The SMILES string of the molecule is COc1ncc(-c2c(C)nn3c2COCC3)cc1C(=O)N[C@H]1[C@@H](C(=O)Nc2ccc(F)c(C(F)(F)F)c2)[C@H]2CC[C@@H]1/C2=C\C1CCCC1. The Bertz CT molecular complexity index is 1780. The second-order valence-corrected chi connectivity index (χ2v) is 13.2. The number of halogens is 4. The predicted molar refractivity (Wildman–Crippen MR) is 167 cm³/mol. The van der Waals surface area contributed by atoms with Crippen molar-refractivity contribution in [3.8, 4) is 17.0 Å². The Morgan fingerprint density at radius 3 is 2.62 bits per heavy atom. The molecular formula is C35H37F4N5O4. The van der Waals surface area contributed by atoms with Gasteiger partial charge in [-0.25, -0.2) is 9.37 Å². The summed E-state index contributed by atoms with van der Waals surface area (Å²) in [6, 6.07) is 3.49. The Labute approximate surface area is 275 Å². The molecule has 254 valence electrons. The Balaban J connectivity index is 1.21. The molecule has 2 N–H and O–H groups in total. The first kappa shape index (κ1) is 32.3. The number of ether oxygens (including phenoxy) is 2. The third-order valence-corrected chi connectivity index (χ3v) is 10.4. The molecular weight excluding hydrogens is 630 g/mol. The number of methoxy groups -OCH3 is 1. The molecule has 3 fully saturated rings. The Morgan fingerprint density at radius 2 is 1.88 bits per heavy atom. The number of alkyl halides is 3. The van der Waals surface area contributed by atoms with E-state index in [4.69, 9.17) is 9.47 Å². The average molecular weight is 668 g/mol. The van der Waals surface area contributed by atoms with Crippen LogP contribution in [0.4, 0.5) is 23.2 Å². The molecule has 0 saturated heterocycles. The van der Waals surface area contributed by atoms with Gasteiger partial charge in [-0.2, -0.15) is 18.3 Å². The van der Waals surface area contributed by atoms with Crippen molar-refractivity contribution in [3.05, 3.63) is 70.4 Å². The smallest absolute Gasteiger partial charge is 0.419 e. The number of carbonyl (C=O) groups is 2. The highest BCUT2D eigenvalue weighted by molar-refractivity contribution is 5.99. The fourth-order valence-electron chi connectivity index (χ4n) is 8.27. The van der Waals surface area contributed by atoms with Crippen molar-refractivity contribution in [1.29, 1.82) is 0 Å². The van der Waals surface area contributed by atoms with Gasteiger partial charge in [0.1, 0.15) is 11.4 Å². The van der Waals surface area contributed by atoms with Crippen LogP contribution in [0.25, 0.3) is 11.1 Å². The summed E-state index contributed by atoms with van der Waals surface area (Å²) in [4.78, 5) is 32.5. The van der Waals surface area contributed by atoms with E-state index < -0.39 is 41.3 Å². The zero-order valence-corrected chi connectivity index (χ0v) is 26.7. The highest BCUT2D eigenvalue weighted by Gasteiger charge is 2.55. The van der Waals surface area contributed by atoms with Gasteiger partial charge in [-0.3, -0.25) is 14.3 Å². The van der Waals surface area contributed by atoms with Crippen LogP contribution in [0.3, 0.4) is 0 Å². The van der Waals surface area contributed by atoms with E-state index in [1.807, 2.05) is 11.6 Å². The quantitative estimate of drug-likeness (QED) is 0.221. The van der Waals surface area contributed by atoms with Gasteiger partial charge in [0.05, 0.1) is 49.7 Å². The van der Waals surface area contributed by atoms with E-state index in [-0.39, 0.29) is 29.0 Å². The number of aromatic nitrogens is 3. The number of nitrogens with zero attached hydrogens (tertiary/aromatic N) is 3. The third kappa shape index (κ3) is 5.86. The van der Waals surface area contributed by atoms with Crippen LogP contribution in [0, 0.1) is 36.4 Å². The van der Waals surface area contributed by atoms with E-state index >= 15 is 0 Å². The number of nitrogens with one attached hydrogen (secondary N) is 2. The topological polar surface area (TPSA) is 107 Å². The van der Waals surface area contributed by atoms with Gasteiger partial charge in [0, 0.05) is 35.0 Å². The van der Waals surface area contributed by atoms with Gasteiger partial charge in [0.2, 0.25) is 11.8 Å².